The van der Waals surface area contributed by atoms with Crippen LogP contribution in [0.4, 0.5) is 11.5 Å². The minimum absolute atomic E-state index is 0.201. The van der Waals surface area contributed by atoms with Crippen LogP contribution in [0.25, 0.3) is 0 Å². The van der Waals surface area contributed by atoms with Crippen LogP contribution in [-0.2, 0) is 0 Å². The molecule has 1 aliphatic rings. The molecule has 1 saturated heterocycles. The number of nitrogens with zero attached hydrogens (tertiary/aromatic N) is 2. The predicted octanol–water partition coefficient (Wildman–Crippen LogP) is -0.0696. The van der Waals surface area contributed by atoms with Crippen LogP contribution in [0.1, 0.15) is 19.3 Å². The van der Waals surface area contributed by atoms with Crippen LogP contribution in [0, 0.1) is 0 Å². The molecule has 1 unspecified atom stereocenters. The van der Waals surface area contributed by atoms with E-state index in [9.17, 15) is 4.79 Å². The summed E-state index contributed by atoms with van der Waals surface area (Å²) in [6.07, 6.45) is 4.68. The highest BCUT2D eigenvalue weighted by molar-refractivity contribution is 5.60. The van der Waals surface area contributed by atoms with Crippen LogP contribution < -0.4 is 21.5 Å². The fourth-order valence-electron chi connectivity index (χ4n) is 2.24. The maximum absolute atomic E-state index is 11.4. The van der Waals surface area contributed by atoms with Crippen molar-refractivity contribution in [2.45, 2.75) is 25.3 Å². The van der Waals surface area contributed by atoms with Crippen molar-refractivity contribution in [2.75, 3.05) is 30.8 Å². The van der Waals surface area contributed by atoms with Gasteiger partial charge in [0.15, 0.2) is 5.82 Å². The van der Waals surface area contributed by atoms with Crippen molar-refractivity contribution in [3.8, 4) is 0 Å². The van der Waals surface area contributed by atoms with Gasteiger partial charge in [0.25, 0.3) is 5.56 Å². The first-order chi connectivity index (χ1) is 8.20. The second kappa shape index (κ2) is 5.18. The van der Waals surface area contributed by atoms with Gasteiger partial charge in [-0.05, 0) is 32.4 Å². The maximum atomic E-state index is 11.4. The SMILES string of the molecule is CN(c1nc[nH]c(=O)c1N)C1CCCNCC1. The highest BCUT2D eigenvalue weighted by atomic mass is 16.1. The van der Waals surface area contributed by atoms with Crippen molar-refractivity contribution in [3.05, 3.63) is 16.7 Å². The van der Waals surface area contributed by atoms with E-state index in [1.165, 1.54) is 6.33 Å². The number of hydrogen-bond acceptors (Lipinski definition) is 5. The number of nitrogens with two attached hydrogens (primary N) is 1. The molecular weight excluding hydrogens is 218 g/mol. The summed E-state index contributed by atoms with van der Waals surface area (Å²) in [5.41, 5.74) is 5.70. The molecule has 6 heteroatoms. The number of rotatable bonds is 2. The average molecular weight is 237 g/mol. The molecule has 0 saturated carbocycles. The minimum atomic E-state index is -0.270. The van der Waals surface area contributed by atoms with Gasteiger partial charge in [-0.3, -0.25) is 4.79 Å². The molecule has 0 aliphatic carbocycles. The summed E-state index contributed by atoms with van der Waals surface area (Å²) in [4.78, 5) is 20.1. The zero-order valence-electron chi connectivity index (χ0n) is 10.1. The van der Waals surface area contributed by atoms with Gasteiger partial charge in [0.1, 0.15) is 5.69 Å². The Morgan fingerprint density at radius 3 is 3.12 bits per heavy atom. The first-order valence-corrected chi connectivity index (χ1v) is 5.97. The van der Waals surface area contributed by atoms with Crippen molar-refractivity contribution < 1.29 is 0 Å². The van der Waals surface area contributed by atoms with Crippen LogP contribution in [0.15, 0.2) is 11.1 Å². The van der Waals surface area contributed by atoms with Gasteiger partial charge in [0.2, 0.25) is 0 Å². The summed E-state index contributed by atoms with van der Waals surface area (Å²) in [5, 5.41) is 3.36. The summed E-state index contributed by atoms with van der Waals surface area (Å²) in [6.45, 7) is 2.06. The van der Waals surface area contributed by atoms with Crippen molar-refractivity contribution in [1.29, 1.82) is 0 Å². The number of nitrogens with one attached hydrogen (secondary N) is 2. The van der Waals surface area contributed by atoms with E-state index in [0.29, 0.717) is 11.9 Å². The van der Waals surface area contributed by atoms with Crippen molar-refractivity contribution in [1.82, 2.24) is 15.3 Å². The molecule has 2 heterocycles. The number of anilines is 2. The maximum Gasteiger partial charge on any atom is 0.276 e. The highest BCUT2D eigenvalue weighted by Crippen LogP contribution is 2.21. The van der Waals surface area contributed by atoms with E-state index >= 15 is 0 Å². The molecule has 94 valence electrons. The molecule has 17 heavy (non-hydrogen) atoms. The molecule has 1 aromatic rings. The Morgan fingerprint density at radius 1 is 1.47 bits per heavy atom. The molecule has 1 aliphatic heterocycles. The second-order valence-electron chi connectivity index (χ2n) is 4.41. The standard InChI is InChI=1S/C11H19N5O/c1-16(8-3-2-5-13-6-4-8)10-9(12)11(17)15-7-14-10/h7-8,13H,2-6,12H2,1H3,(H,14,15,17). The molecule has 6 nitrogen and oxygen atoms in total. The first-order valence-electron chi connectivity index (χ1n) is 5.97. The molecule has 0 aromatic carbocycles. The van der Waals surface area contributed by atoms with E-state index in [1.54, 1.807) is 0 Å². The smallest absolute Gasteiger partial charge is 0.276 e. The Morgan fingerprint density at radius 2 is 2.29 bits per heavy atom. The van der Waals surface area contributed by atoms with E-state index in [1.807, 2.05) is 11.9 Å². The van der Waals surface area contributed by atoms with E-state index in [0.717, 1.165) is 32.4 Å². The molecule has 0 bridgehead atoms. The van der Waals surface area contributed by atoms with Gasteiger partial charge in [0.05, 0.1) is 6.33 Å². The molecule has 2 rings (SSSR count). The number of aromatic nitrogens is 2. The number of hydrogen-bond donors (Lipinski definition) is 3. The predicted molar refractivity (Wildman–Crippen MR) is 68.2 cm³/mol. The first kappa shape index (κ1) is 11.9. The minimum Gasteiger partial charge on any atom is -0.391 e. The normalized spacial score (nSPS) is 20.9. The summed E-state index contributed by atoms with van der Waals surface area (Å²) in [6, 6.07) is 0.390. The summed E-state index contributed by atoms with van der Waals surface area (Å²) in [5.74, 6) is 0.584. The van der Waals surface area contributed by atoms with Crippen LogP contribution >= 0.6 is 0 Å². The van der Waals surface area contributed by atoms with Crippen LogP contribution in [0.5, 0.6) is 0 Å². The Balaban J connectivity index is 2.20. The van der Waals surface area contributed by atoms with Crippen LogP contribution in [-0.4, -0.2) is 36.1 Å². The van der Waals surface area contributed by atoms with Gasteiger partial charge in [0, 0.05) is 13.1 Å². The molecule has 1 fully saturated rings. The highest BCUT2D eigenvalue weighted by Gasteiger charge is 2.20. The number of H-pyrrole nitrogens is 1. The lowest BCUT2D eigenvalue weighted by Gasteiger charge is -2.28. The Hall–Kier alpha value is -1.56. The van der Waals surface area contributed by atoms with E-state index in [4.69, 9.17) is 5.73 Å². The van der Waals surface area contributed by atoms with E-state index < -0.39 is 0 Å². The Kier molecular flexibility index (Phi) is 3.63. The zero-order valence-corrected chi connectivity index (χ0v) is 10.1. The average Bonchev–Trinajstić information content (AvgIpc) is 2.60. The van der Waals surface area contributed by atoms with Gasteiger partial charge in [-0.2, -0.15) is 0 Å². The molecule has 1 aromatic heterocycles. The van der Waals surface area contributed by atoms with Gasteiger partial charge in [-0.15, -0.1) is 0 Å². The van der Waals surface area contributed by atoms with Crippen molar-refractivity contribution >= 4 is 11.5 Å². The second-order valence-corrected chi connectivity index (χ2v) is 4.41. The largest absolute Gasteiger partial charge is 0.391 e. The third kappa shape index (κ3) is 2.58. The van der Waals surface area contributed by atoms with Crippen LogP contribution in [0.2, 0.25) is 0 Å². The topological polar surface area (TPSA) is 87.0 Å². The van der Waals surface area contributed by atoms with Gasteiger partial charge in [-0.1, -0.05) is 0 Å². The lowest BCUT2D eigenvalue weighted by molar-refractivity contribution is 0.562. The Labute approximate surface area is 100 Å². The third-order valence-corrected chi connectivity index (χ3v) is 3.30. The molecule has 0 spiro atoms. The molecule has 0 amide bonds. The summed E-state index contributed by atoms with van der Waals surface area (Å²) in [7, 11) is 1.95. The summed E-state index contributed by atoms with van der Waals surface area (Å²) < 4.78 is 0. The third-order valence-electron chi connectivity index (χ3n) is 3.30. The van der Waals surface area contributed by atoms with Gasteiger partial charge < -0.3 is 20.9 Å². The monoisotopic (exact) mass is 237 g/mol. The Bertz CT molecular complexity index is 422. The van der Waals surface area contributed by atoms with Crippen LogP contribution in [0.3, 0.4) is 0 Å². The zero-order chi connectivity index (χ0) is 12.3. The lowest BCUT2D eigenvalue weighted by Crippen LogP contribution is -2.35. The van der Waals surface area contributed by atoms with Gasteiger partial charge in [-0.25, -0.2) is 4.98 Å². The molecule has 0 radical (unpaired) electrons. The number of aromatic amines is 1. The fraction of sp³-hybridized carbons (Fsp3) is 0.636. The van der Waals surface area contributed by atoms with Crippen molar-refractivity contribution in [3.63, 3.8) is 0 Å². The van der Waals surface area contributed by atoms with E-state index in [-0.39, 0.29) is 11.2 Å². The van der Waals surface area contributed by atoms with Crippen molar-refractivity contribution in [2.24, 2.45) is 0 Å². The molecule has 1 atom stereocenters. The van der Waals surface area contributed by atoms with Gasteiger partial charge >= 0.3 is 0 Å². The lowest BCUT2D eigenvalue weighted by atomic mass is 10.1. The number of nitrogen functional groups attached to an aromatic ring is 1. The fourth-order valence-corrected chi connectivity index (χ4v) is 2.24. The molecular formula is C11H19N5O. The summed E-state index contributed by atoms with van der Waals surface area (Å²) >= 11 is 0. The molecule has 4 N–H and O–H groups in total. The quantitative estimate of drug-likeness (QED) is 0.670. The van der Waals surface area contributed by atoms with E-state index in [2.05, 4.69) is 15.3 Å².